The number of hydrogen-bond donors (Lipinski definition) is 3. The van der Waals surface area contributed by atoms with E-state index in [1.54, 1.807) is 32.4 Å². The van der Waals surface area contributed by atoms with Gasteiger partial charge in [-0.1, -0.05) is 17.7 Å². The number of aromatic hydroxyl groups is 1. The number of nitrogens with one attached hydrogen (secondary N) is 2. The predicted octanol–water partition coefficient (Wildman–Crippen LogP) is 5.80. The highest BCUT2D eigenvalue weighted by Gasteiger charge is 2.26. The Kier molecular flexibility index (Phi) is 6.41. The van der Waals surface area contributed by atoms with Crippen LogP contribution in [0.5, 0.6) is 17.2 Å². The molecule has 160 valence electrons. The van der Waals surface area contributed by atoms with E-state index in [0.717, 1.165) is 32.8 Å². The first kappa shape index (κ1) is 21.6. The van der Waals surface area contributed by atoms with E-state index in [9.17, 15) is 5.11 Å². The number of phenols is 1. The number of hydrogen-bond acceptors (Lipinski definition) is 5. The highest BCUT2D eigenvalue weighted by molar-refractivity contribution is 9.10. The minimum atomic E-state index is -0.261. The molecule has 1 aliphatic heterocycles. The Morgan fingerprint density at radius 2 is 1.74 bits per heavy atom. The summed E-state index contributed by atoms with van der Waals surface area (Å²) < 4.78 is 11.5. The molecule has 3 aromatic rings. The molecule has 7 heteroatoms. The molecule has 5 nitrogen and oxygen atoms in total. The summed E-state index contributed by atoms with van der Waals surface area (Å²) in [5.74, 6) is 1.73. The lowest BCUT2D eigenvalue weighted by molar-refractivity contribution is 0.408. The minimum Gasteiger partial charge on any atom is -0.508 e. The van der Waals surface area contributed by atoms with Crippen LogP contribution in [0.15, 0.2) is 71.2 Å². The van der Waals surface area contributed by atoms with Crippen LogP contribution in [0.1, 0.15) is 28.9 Å². The normalized spacial score (nSPS) is 18.1. The van der Waals surface area contributed by atoms with Crippen LogP contribution < -0.4 is 20.1 Å². The largest absolute Gasteiger partial charge is 0.508 e. The number of benzene rings is 3. The summed E-state index contributed by atoms with van der Waals surface area (Å²) in [4.78, 5) is 0. The van der Waals surface area contributed by atoms with Gasteiger partial charge in [-0.15, -0.1) is 0 Å². The third-order valence-electron chi connectivity index (χ3n) is 5.21. The average molecular weight is 502 g/mol. The van der Waals surface area contributed by atoms with Gasteiger partial charge in [-0.3, -0.25) is 5.32 Å². The number of rotatable bonds is 5. The first-order chi connectivity index (χ1) is 15.0. The van der Waals surface area contributed by atoms with Gasteiger partial charge in [0.05, 0.1) is 24.7 Å². The quantitative estimate of drug-likeness (QED) is 0.412. The number of ether oxygens (including phenoxy) is 2. The maximum absolute atomic E-state index is 10.5. The second-order valence-electron chi connectivity index (χ2n) is 7.13. The van der Waals surface area contributed by atoms with Crippen LogP contribution in [0.2, 0.25) is 5.02 Å². The lowest BCUT2D eigenvalue weighted by Crippen LogP contribution is -2.39. The fourth-order valence-electron chi connectivity index (χ4n) is 3.59. The molecular weight excluding hydrogens is 480 g/mol. The second kappa shape index (κ2) is 9.22. The SMILES string of the molecule is COc1ccc(C2=CC(c3cc(Cl)ccc3O)NC(c3ccc(OC)c(Br)c3)N2)cc1. The highest BCUT2D eigenvalue weighted by atomic mass is 79.9. The van der Waals surface area contributed by atoms with E-state index < -0.39 is 0 Å². The van der Waals surface area contributed by atoms with Crippen LogP contribution in [0.25, 0.3) is 5.70 Å². The van der Waals surface area contributed by atoms with Gasteiger partial charge < -0.3 is 19.9 Å². The molecule has 0 radical (unpaired) electrons. The Hall–Kier alpha value is -2.67. The topological polar surface area (TPSA) is 62.8 Å². The van der Waals surface area contributed by atoms with Crippen molar-refractivity contribution < 1.29 is 14.6 Å². The zero-order valence-corrected chi connectivity index (χ0v) is 19.4. The molecule has 1 heterocycles. The van der Waals surface area contributed by atoms with Crippen molar-refractivity contribution in [3.63, 3.8) is 0 Å². The zero-order valence-electron chi connectivity index (χ0n) is 17.0. The summed E-state index contributed by atoms with van der Waals surface area (Å²) in [7, 11) is 3.28. The number of phenolic OH excluding ortho intramolecular Hbond substituents is 1. The van der Waals surface area contributed by atoms with Crippen molar-refractivity contribution in [1.29, 1.82) is 0 Å². The molecule has 3 N–H and O–H groups in total. The monoisotopic (exact) mass is 500 g/mol. The smallest absolute Gasteiger partial charge is 0.133 e. The summed E-state index contributed by atoms with van der Waals surface area (Å²) in [5, 5.41) is 18.2. The molecule has 0 saturated carbocycles. The Balaban J connectivity index is 1.76. The molecule has 31 heavy (non-hydrogen) atoms. The molecule has 1 aliphatic rings. The van der Waals surface area contributed by atoms with Gasteiger partial charge in [-0.05, 0) is 87.7 Å². The fourth-order valence-corrected chi connectivity index (χ4v) is 4.32. The van der Waals surface area contributed by atoms with Crippen molar-refractivity contribution in [2.75, 3.05) is 14.2 Å². The number of halogens is 2. The molecule has 0 aliphatic carbocycles. The lowest BCUT2D eigenvalue weighted by atomic mass is 9.98. The molecule has 2 unspecified atom stereocenters. The van der Waals surface area contributed by atoms with E-state index in [0.29, 0.717) is 10.6 Å². The van der Waals surface area contributed by atoms with Gasteiger partial charge in [0.1, 0.15) is 23.4 Å². The van der Waals surface area contributed by atoms with Crippen molar-refractivity contribution in [2.45, 2.75) is 12.2 Å². The van der Waals surface area contributed by atoms with E-state index >= 15 is 0 Å². The van der Waals surface area contributed by atoms with Gasteiger partial charge in [0.15, 0.2) is 0 Å². The zero-order chi connectivity index (χ0) is 22.0. The Morgan fingerprint density at radius 1 is 0.968 bits per heavy atom. The van der Waals surface area contributed by atoms with E-state index in [1.165, 1.54) is 0 Å². The Labute approximate surface area is 194 Å². The van der Waals surface area contributed by atoms with Crippen molar-refractivity contribution in [3.8, 4) is 17.2 Å². The lowest BCUT2D eigenvalue weighted by Gasteiger charge is -2.33. The fraction of sp³-hybridized carbons (Fsp3) is 0.167. The average Bonchev–Trinajstić information content (AvgIpc) is 2.80. The summed E-state index contributed by atoms with van der Waals surface area (Å²) >= 11 is 9.79. The Bertz CT molecular complexity index is 1120. The molecule has 2 atom stereocenters. The van der Waals surface area contributed by atoms with Gasteiger partial charge in [0, 0.05) is 16.3 Å². The summed E-state index contributed by atoms with van der Waals surface area (Å²) in [6.45, 7) is 0. The van der Waals surface area contributed by atoms with Gasteiger partial charge in [-0.2, -0.15) is 0 Å². The molecule has 0 bridgehead atoms. The van der Waals surface area contributed by atoms with Gasteiger partial charge >= 0.3 is 0 Å². The van der Waals surface area contributed by atoms with E-state index in [2.05, 4.69) is 26.6 Å². The molecule has 4 rings (SSSR count). The van der Waals surface area contributed by atoms with Crippen molar-refractivity contribution in [1.82, 2.24) is 10.6 Å². The van der Waals surface area contributed by atoms with Gasteiger partial charge in [-0.25, -0.2) is 0 Å². The maximum atomic E-state index is 10.5. The number of methoxy groups -OCH3 is 2. The standard InChI is InChI=1S/C24H22BrClN2O3/c1-30-17-7-3-14(4-8-17)20-13-21(18-12-16(26)6-9-22(18)29)28-24(27-20)15-5-10-23(31-2)19(25)11-15/h3-13,21,24,27-29H,1-2H3. The van der Waals surface area contributed by atoms with Crippen LogP contribution in [0, 0.1) is 0 Å². The molecule has 0 saturated heterocycles. The van der Waals surface area contributed by atoms with E-state index in [4.69, 9.17) is 21.1 Å². The summed E-state index contributed by atoms with van der Waals surface area (Å²) in [6, 6.07) is 18.6. The van der Waals surface area contributed by atoms with Crippen molar-refractivity contribution in [2.24, 2.45) is 0 Å². The molecule has 3 aromatic carbocycles. The molecule has 0 amide bonds. The first-order valence-electron chi connectivity index (χ1n) is 9.69. The van der Waals surface area contributed by atoms with Gasteiger partial charge in [0.2, 0.25) is 0 Å². The molecular formula is C24H22BrClN2O3. The highest BCUT2D eigenvalue weighted by Crippen LogP contribution is 2.36. The maximum Gasteiger partial charge on any atom is 0.133 e. The van der Waals surface area contributed by atoms with Crippen molar-refractivity contribution >= 4 is 33.2 Å². The van der Waals surface area contributed by atoms with Crippen molar-refractivity contribution in [3.05, 3.63) is 92.9 Å². The summed E-state index contributed by atoms with van der Waals surface area (Å²) in [5.41, 5.74) is 3.66. The van der Waals surface area contributed by atoms with E-state index in [-0.39, 0.29) is 18.0 Å². The summed E-state index contributed by atoms with van der Waals surface area (Å²) in [6.07, 6.45) is 1.83. The Morgan fingerprint density at radius 3 is 2.42 bits per heavy atom. The molecule has 0 spiro atoms. The first-order valence-corrected chi connectivity index (χ1v) is 10.9. The van der Waals surface area contributed by atoms with Crippen LogP contribution in [-0.4, -0.2) is 19.3 Å². The molecule has 0 aromatic heterocycles. The second-order valence-corrected chi connectivity index (χ2v) is 8.42. The van der Waals surface area contributed by atoms with Crippen LogP contribution in [-0.2, 0) is 0 Å². The third-order valence-corrected chi connectivity index (χ3v) is 6.07. The van der Waals surface area contributed by atoms with Crippen LogP contribution in [0.3, 0.4) is 0 Å². The molecule has 0 fully saturated rings. The minimum absolute atomic E-state index is 0.184. The third kappa shape index (κ3) is 4.66. The van der Waals surface area contributed by atoms with Crippen LogP contribution >= 0.6 is 27.5 Å². The van der Waals surface area contributed by atoms with E-state index in [1.807, 2.05) is 48.5 Å². The van der Waals surface area contributed by atoms with Crippen LogP contribution in [0.4, 0.5) is 0 Å². The van der Waals surface area contributed by atoms with Gasteiger partial charge in [0.25, 0.3) is 0 Å². The predicted molar refractivity (Wildman–Crippen MR) is 127 cm³/mol.